The van der Waals surface area contributed by atoms with Gasteiger partial charge in [-0.05, 0) is 47.9 Å². The number of hydrazine groups is 1. The Balaban J connectivity index is 1.20. The van der Waals surface area contributed by atoms with E-state index < -0.39 is 0 Å². The fraction of sp³-hybridized carbons (Fsp3) is 0.115. The van der Waals surface area contributed by atoms with E-state index >= 15 is 0 Å². The maximum absolute atomic E-state index is 12.4. The number of nitrogens with zero attached hydrogens (tertiary/aromatic N) is 3. The van der Waals surface area contributed by atoms with Gasteiger partial charge in [0.05, 0.1) is 12.6 Å². The van der Waals surface area contributed by atoms with Crippen molar-refractivity contribution in [2.75, 3.05) is 19.0 Å². The van der Waals surface area contributed by atoms with Crippen LogP contribution < -0.4 is 21.1 Å². The summed E-state index contributed by atoms with van der Waals surface area (Å²) >= 11 is 0. The Morgan fingerprint density at radius 1 is 1.00 bits per heavy atom. The fourth-order valence-corrected chi connectivity index (χ4v) is 3.97. The minimum absolute atomic E-state index is 0.0838. The second-order valence-corrected chi connectivity index (χ2v) is 8.29. The van der Waals surface area contributed by atoms with Crippen molar-refractivity contribution in [3.8, 4) is 5.75 Å². The minimum atomic E-state index is -0.224. The Hall–Kier alpha value is -4.27. The maximum atomic E-state index is 12.4. The molecule has 5 rings (SSSR count). The Bertz CT molecular complexity index is 1340. The van der Waals surface area contributed by atoms with Crippen molar-refractivity contribution >= 4 is 28.2 Å². The van der Waals surface area contributed by atoms with Crippen molar-refractivity contribution < 1.29 is 14.1 Å². The van der Waals surface area contributed by atoms with Gasteiger partial charge in [-0.3, -0.25) is 9.78 Å². The van der Waals surface area contributed by atoms with Crippen LogP contribution in [0.25, 0.3) is 10.8 Å². The highest BCUT2D eigenvalue weighted by Gasteiger charge is 2.36. The van der Waals surface area contributed by atoms with Crippen molar-refractivity contribution in [2.24, 2.45) is 5.10 Å². The summed E-state index contributed by atoms with van der Waals surface area (Å²) in [6, 6.07) is 25.4. The first-order valence-electron chi connectivity index (χ1n) is 11.0. The summed E-state index contributed by atoms with van der Waals surface area (Å²) in [4.78, 5) is 16.5. The van der Waals surface area contributed by atoms with E-state index in [0.717, 1.165) is 34.4 Å². The average Bonchev–Trinajstić information content (AvgIpc) is 3.24. The predicted octanol–water partition coefficient (Wildman–Crippen LogP) is 3.58. The molecule has 3 N–H and O–H groups in total. The van der Waals surface area contributed by atoms with E-state index in [2.05, 4.69) is 45.7 Å². The number of anilines is 1. The summed E-state index contributed by atoms with van der Waals surface area (Å²) < 4.78 is 6.11. The molecule has 1 aliphatic rings. The number of hydrogen-bond donors (Lipinski definition) is 3. The van der Waals surface area contributed by atoms with Gasteiger partial charge in [0.1, 0.15) is 12.3 Å². The van der Waals surface area contributed by atoms with Gasteiger partial charge in [-0.15, -0.1) is 5.10 Å². The molecule has 170 valence electrons. The molecule has 34 heavy (non-hydrogen) atoms. The summed E-state index contributed by atoms with van der Waals surface area (Å²) in [5.74, 6) is 1.25. The second kappa shape index (κ2) is 9.30. The topological polar surface area (TPSA) is 87.6 Å². The molecule has 1 amide bonds. The maximum Gasteiger partial charge on any atom is 0.274 e. The van der Waals surface area contributed by atoms with Crippen LogP contribution in [0.3, 0.4) is 0 Å². The number of hydrazone groups is 1. The first-order chi connectivity index (χ1) is 16.6. The van der Waals surface area contributed by atoms with Gasteiger partial charge >= 0.3 is 0 Å². The van der Waals surface area contributed by atoms with Crippen LogP contribution in [0.5, 0.6) is 5.75 Å². The van der Waals surface area contributed by atoms with Crippen LogP contribution in [0.15, 0.2) is 96.4 Å². The molecule has 1 aliphatic heterocycles. The molecule has 8 heteroatoms. The molecule has 0 fully saturated rings. The fourth-order valence-electron chi connectivity index (χ4n) is 3.97. The van der Waals surface area contributed by atoms with Crippen molar-refractivity contribution in [2.45, 2.75) is 6.54 Å². The summed E-state index contributed by atoms with van der Waals surface area (Å²) in [6.07, 6.45) is 3.52. The third kappa shape index (κ3) is 4.73. The second-order valence-electron chi connectivity index (χ2n) is 8.29. The molecule has 0 aliphatic carbocycles. The highest BCUT2D eigenvalue weighted by atomic mass is 16.5. The number of hydrogen-bond acceptors (Lipinski definition) is 6. The molecule has 8 nitrogen and oxygen atoms in total. The number of pyridine rings is 1. The molecule has 1 unspecified atom stereocenters. The van der Waals surface area contributed by atoms with E-state index in [-0.39, 0.29) is 12.5 Å². The van der Waals surface area contributed by atoms with Crippen LogP contribution in [0.1, 0.15) is 11.1 Å². The van der Waals surface area contributed by atoms with E-state index in [1.807, 2.05) is 66.7 Å². The molecule has 0 spiro atoms. The van der Waals surface area contributed by atoms with Gasteiger partial charge in [0.15, 0.2) is 6.61 Å². The molecule has 0 saturated carbocycles. The van der Waals surface area contributed by atoms with E-state index in [1.165, 1.54) is 5.56 Å². The van der Waals surface area contributed by atoms with E-state index in [4.69, 9.17) is 4.74 Å². The molecule has 4 aromatic rings. The number of rotatable bonds is 7. The van der Waals surface area contributed by atoms with Crippen molar-refractivity contribution in [1.82, 2.24) is 16.1 Å². The lowest BCUT2D eigenvalue weighted by molar-refractivity contribution is -0.879. The third-order valence-electron chi connectivity index (χ3n) is 5.67. The van der Waals surface area contributed by atoms with Crippen molar-refractivity contribution in [1.29, 1.82) is 0 Å². The number of quaternary nitrogens is 1. The lowest BCUT2D eigenvalue weighted by Crippen LogP contribution is -2.56. The smallest absolute Gasteiger partial charge is 0.274 e. The van der Waals surface area contributed by atoms with Crippen molar-refractivity contribution in [3.63, 3.8) is 0 Å². The third-order valence-corrected chi connectivity index (χ3v) is 5.67. The monoisotopic (exact) mass is 453 g/mol. The molecular weight excluding hydrogens is 428 g/mol. The van der Waals surface area contributed by atoms with Crippen LogP contribution in [0, 0.1) is 0 Å². The van der Waals surface area contributed by atoms with Gasteiger partial charge in [0.25, 0.3) is 11.7 Å². The molecule has 0 radical (unpaired) electrons. The van der Waals surface area contributed by atoms with Gasteiger partial charge in [0.2, 0.25) is 0 Å². The number of aromatic nitrogens is 1. The number of benzene rings is 3. The van der Waals surface area contributed by atoms with Crippen LogP contribution >= 0.6 is 0 Å². The number of amides is 1. The number of carbonyl (C=O) groups excluding carboxylic acids is 1. The number of nitrogens with one attached hydrogen (secondary N) is 3. The van der Waals surface area contributed by atoms with Gasteiger partial charge < -0.3 is 10.1 Å². The Kier molecular flexibility index (Phi) is 5.90. The van der Waals surface area contributed by atoms with Crippen molar-refractivity contribution in [3.05, 3.63) is 102 Å². The summed E-state index contributed by atoms with van der Waals surface area (Å²) in [5, 5.41) is 9.35. The van der Waals surface area contributed by atoms with Crippen LogP contribution in [-0.4, -0.2) is 35.0 Å². The van der Waals surface area contributed by atoms with Crippen LogP contribution in [-0.2, 0) is 11.3 Å². The Morgan fingerprint density at radius 3 is 2.65 bits per heavy atom. The average molecular weight is 454 g/mol. The highest BCUT2D eigenvalue weighted by molar-refractivity contribution is 5.95. The van der Waals surface area contributed by atoms with E-state index in [9.17, 15) is 4.79 Å². The zero-order valence-corrected chi connectivity index (χ0v) is 18.7. The van der Waals surface area contributed by atoms with Gasteiger partial charge in [-0.2, -0.15) is 10.1 Å². The molecule has 0 saturated heterocycles. The van der Waals surface area contributed by atoms with Crippen LogP contribution in [0.2, 0.25) is 0 Å². The zero-order chi connectivity index (χ0) is 23.4. The minimum Gasteiger partial charge on any atom is -0.484 e. The first-order valence-corrected chi connectivity index (χ1v) is 11.0. The van der Waals surface area contributed by atoms with Gasteiger partial charge in [0, 0.05) is 29.0 Å². The number of amidine groups is 1. The molecule has 1 atom stereocenters. The van der Waals surface area contributed by atoms with Crippen LogP contribution in [0.4, 0.5) is 5.69 Å². The first kappa shape index (κ1) is 21.6. The lowest BCUT2D eigenvalue weighted by atomic mass is 10.1. The molecule has 3 aromatic carbocycles. The lowest BCUT2D eigenvalue weighted by Gasteiger charge is -2.27. The number of fused-ring (bicyclic) bond motifs is 1. The molecule has 1 aromatic heterocycles. The van der Waals surface area contributed by atoms with E-state index in [1.54, 1.807) is 12.4 Å². The highest BCUT2D eigenvalue weighted by Crippen LogP contribution is 2.21. The van der Waals surface area contributed by atoms with Gasteiger partial charge in [-0.25, -0.2) is 0 Å². The van der Waals surface area contributed by atoms with Gasteiger partial charge in [-0.1, -0.05) is 41.9 Å². The number of carbonyl (C=O) groups is 1. The largest absolute Gasteiger partial charge is 0.484 e. The quantitative estimate of drug-likeness (QED) is 0.372. The zero-order valence-electron chi connectivity index (χ0n) is 18.7. The SMILES string of the molecule is C[N+]1(Cc2ccccc2)NNN=C1c1ccc(OCC(=O)Nc2ccc3cnccc3c2)cc1. The molecular formula is C26H25N6O2+. The molecule has 2 heterocycles. The summed E-state index contributed by atoms with van der Waals surface area (Å²) in [5.41, 5.74) is 8.98. The normalized spacial score (nSPS) is 17.1. The summed E-state index contributed by atoms with van der Waals surface area (Å²) in [7, 11) is 2.06. The summed E-state index contributed by atoms with van der Waals surface area (Å²) in [6.45, 7) is 0.649. The number of ether oxygens (including phenoxy) is 1. The Morgan fingerprint density at radius 2 is 1.82 bits per heavy atom. The Labute approximate surface area is 197 Å². The van der Waals surface area contributed by atoms with E-state index in [0.29, 0.717) is 10.3 Å². The molecule has 0 bridgehead atoms. The standard InChI is InChI=1S/C26H24N6O2/c1-32(17-19-5-3-2-4-6-19)26(29-30-31-32)20-8-11-24(12-9-20)34-18-25(33)28-23-10-7-22-16-27-14-13-21(22)15-23/h2-16,30-31H,17-18H2,1H3/p+1. The predicted molar refractivity (Wildman–Crippen MR) is 131 cm³/mol.